The number of aliphatic hydroxyl groups excluding tert-OH is 1. The van der Waals surface area contributed by atoms with Crippen molar-refractivity contribution in [3.05, 3.63) is 35.9 Å². The second-order valence-electron chi connectivity index (χ2n) is 6.25. The van der Waals surface area contributed by atoms with E-state index in [0.29, 0.717) is 6.54 Å². The van der Waals surface area contributed by atoms with Gasteiger partial charge in [-0.05, 0) is 31.2 Å². The van der Waals surface area contributed by atoms with Crippen LogP contribution in [0.1, 0.15) is 38.2 Å². The number of aliphatic hydroxyl groups is 1. The van der Waals surface area contributed by atoms with Crippen molar-refractivity contribution in [1.29, 1.82) is 0 Å². The highest BCUT2D eigenvalue weighted by atomic mass is 16.3. The molecule has 0 aromatic heterocycles. The van der Waals surface area contributed by atoms with Gasteiger partial charge in [-0.1, -0.05) is 43.7 Å². The van der Waals surface area contributed by atoms with Crippen molar-refractivity contribution in [2.45, 2.75) is 45.1 Å². The molecule has 116 valence electrons. The Morgan fingerprint density at radius 1 is 1.38 bits per heavy atom. The van der Waals surface area contributed by atoms with E-state index in [2.05, 4.69) is 22.8 Å². The van der Waals surface area contributed by atoms with E-state index in [1.807, 2.05) is 25.1 Å². The number of amides is 2. The van der Waals surface area contributed by atoms with Gasteiger partial charge in [-0.2, -0.15) is 0 Å². The zero-order valence-corrected chi connectivity index (χ0v) is 12.8. The van der Waals surface area contributed by atoms with E-state index in [0.717, 1.165) is 32.1 Å². The monoisotopic (exact) mass is 290 g/mol. The summed E-state index contributed by atoms with van der Waals surface area (Å²) < 4.78 is 0. The van der Waals surface area contributed by atoms with E-state index in [-0.39, 0.29) is 24.1 Å². The second-order valence-corrected chi connectivity index (χ2v) is 6.25. The number of hydrogen-bond donors (Lipinski definition) is 3. The average Bonchev–Trinajstić information content (AvgIpc) is 2.86. The smallest absolute Gasteiger partial charge is 0.315 e. The fraction of sp³-hybridized carbons (Fsp3) is 0.588. The molecule has 1 aromatic rings. The van der Waals surface area contributed by atoms with Crippen LogP contribution < -0.4 is 10.6 Å². The maximum atomic E-state index is 11.9. The zero-order chi connectivity index (χ0) is 15.1. The quantitative estimate of drug-likeness (QED) is 0.705. The van der Waals surface area contributed by atoms with E-state index >= 15 is 0 Å². The van der Waals surface area contributed by atoms with Gasteiger partial charge in [0.1, 0.15) is 0 Å². The SMILES string of the molecule is CC1(CO)CCCC1NC(=O)NCCCc1ccccc1. The van der Waals surface area contributed by atoms with E-state index < -0.39 is 0 Å². The number of urea groups is 1. The van der Waals surface area contributed by atoms with Crippen LogP contribution in [0.3, 0.4) is 0 Å². The van der Waals surface area contributed by atoms with Crippen LogP contribution in [0, 0.1) is 5.41 Å². The van der Waals surface area contributed by atoms with E-state index in [1.165, 1.54) is 5.56 Å². The molecule has 0 saturated heterocycles. The van der Waals surface area contributed by atoms with Crippen LogP contribution in [-0.2, 0) is 6.42 Å². The molecule has 21 heavy (non-hydrogen) atoms. The molecule has 1 aliphatic rings. The molecule has 0 radical (unpaired) electrons. The van der Waals surface area contributed by atoms with Crippen LogP contribution in [0.2, 0.25) is 0 Å². The third kappa shape index (κ3) is 4.46. The third-order valence-corrected chi connectivity index (χ3v) is 4.52. The molecule has 1 fully saturated rings. The molecule has 1 saturated carbocycles. The lowest BCUT2D eigenvalue weighted by Crippen LogP contribution is -2.48. The second kappa shape index (κ2) is 7.46. The minimum Gasteiger partial charge on any atom is -0.396 e. The van der Waals surface area contributed by atoms with Gasteiger partial charge >= 0.3 is 6.03 Å². The summed E-state index contributed by atoms with van der Waals surface area (Å²) in [4.78, 5) is 11.9. The van der Waals surface area contributed by atoms with Crippen LogP contribution in [0.15, 0.2) is 30.3 Å². The molecule has 0 spiro atoms. The molecule has 4 nitrogen and oxygen atoms in total. The van der Waals surface area contributed by atoms with E-state index in [1.54, 1.807) is 0 Å². The number of hydrogen-bond acceptors (Lipinski definition) is 2. The molecule has 0 aliphatic heterocycles. The summed E-state index contributed by atoms with van der Waals surface area (Å²) >= 11 is 0. The number of rotatable bonds is 6. The van der Waals surface area contributed by atoms with Crippen LogP contribution in [-0.4, -0.2) is 30.3 Å². The largest absolute Gasteiger partial charge is 0.396 e. The Labute approximate surface area is 126 Å². The Morgan fingerprint density at radius 2 is 2.14 bits per heavy atom. The molecule has 2 amide bonds. The van der Waals surface area contributed by atoms with Crippen molar-refractivity contribution in [3.8, 4) is 0 Å². The fourth-order valence-corrected chi connectivity index (χ4v) is 3.02. The minimum atomic E-state index is -0.165. The standard InChI is InChI=1S/C17H26N2O2/c1-17(13-20)11-5-10-15(17)19-16(21)18-12-6-9-14-7-3-2-4-8-14/h2-4,7-8,15,20H,5-6,9-13H2,1H3,(H2,18,19,21). The van der Waals surface area contributed by atoms with E-state index in [9.17, 15) is 9.90 Å². The number of benzene rings is 1. The lowest BCUT2D eigenvalue weighted by atomic mass is 9.86. The summed E-state index contributed by atoms with van der Waals surface area (Å²) in [5, 5.41) is 15.4. The van der Waals surface area contributed by atoms with Gasteiger partial charge in [-0.25, -0.2) is 4.79 Å². The Balaban J connectivity index is 1.66. The Kier molecular flexibility index (Phi) is 5.62. The Hall–Kier alpha value is -1.55. The van der Waals surface area contributed by atoms with Gasteiger partial charge < -0.3 is 15.7 Å². The first-order valence-electron chi connectivity index (χ1n) is 7.83. The molecule has 1 aliphatic carbocycles. The van der Waals surface area contributed by atoms with Crippen LogP contribution in [0.5, 0.6) is 0 Å². The highest BCUT2D eigenvalue weighted by Gasteiger charge is 2.38. The van der Waals surface area contributed by atoms with Crippen molar-refractivity contribution in [1.82, 2.24) is 10.6 Å². The van der Waals surface area contributed by atoms with Crippen LogP contribution in [0.25, 0.3) is 0 Å². The molecule has 1 aromatic carbocycles. The van der Waals surface area contributed by atoms with Gasteiger partial charge in [0.15, 0.2) is 0 Å². The predicted octanol–water partition coefficient (Wildman–Crippen LogP) is 2.47. The van der Waals surface area contributed by atoms with Crippen molar-refractivity contribution in [3.63, 3.8) is 0 Å². The van der Waals surface area contributed by atoms with Gasteiger partial charge in [0.25, 0.3) is 0 Å². The number of nitrogens with one attached hydrogen (secondary N) is 2. The summed E-state index contributed by atoms with van der Waals surface area (Å²) in [6.45, 7) is 2.84. The Morgan fingerprint density at radius 3 is 2.86 bits per heavy atom. The molecule has 0 heterocycles. The molecule has 2 atom stereocenters. The first-order chi connectivity index (χ1) is 10.1. The summed E-state index contributed by atoms with van der Waals surface area (Å²) in [6.07, 6.45) is 4.89. The molecule has 2 rings (SSSR count). The average molecular weight is 290 g/mol. The molecule has 3 N–H and O–H groups in total. The topological polar surface area (TPSA) is 61.4 Å². The number of aryl methyl sites for hydroxylation is 1. The van der Waals surface area contributed by atoms with Gasteiger partial charge in [0.05, 0.1) is 6.61 Å². The van der Waals surface area contributed by atoms with Gasteiger partial charge in [-0.3, -0.25) is 0 Å². The van der Waals surface area contributed by atoms with Crippen molar-refractivity contribution < 1.29 is 9.90 Å². The molecule has 0 bridgehead atoms. The minimum absolute atomic E-state index is 0.0802. The summed E-state index contributed by atoms with van der Waals surface area (Å²) in [5.74, 6) is 0. The lowest BCUT2D eigenvalue weighted by molar-refractivity contribution is 0.121. The number of carbonyl (C=O) groups is 1. The summed E-state index contributed by atoms with van der Waals surface area (Å²) in [7, 11) is 0. The maximum absolute atomic E-state index is 11.9. The molecule has 4 heteroatoms. The van der Waals surface area contributed by atoms with Gasteiger partial charge in [-0.15, -0.1) is 0 Å². The molecular formula is C17H26N2O2. The first kappa shape index (κ1) is 15.8. The van der Waals surface area contributed by atoms with Crippen molar-refractivity contribution in [2.24, 2.45) is 5.41 Å². The van der Waals surface area contributed by atoms with Crippen molar-refractivity contribution >= 4 is 6.03 Å². The maximum Gasteiger partial charge on any atom is 0.315 e. The summed E-state index contributed by atoms with van der Waals surface area (Å²) in [6, 6.07) is 10.2. The normalized spacial score (nSPS) is 24.8. The highest BCUT2D eigenvalue weighted by Crippen LogP contribution is 2.37. The Bertz CT molecular complexity index is 449. The van der Waals surface area contributed by atoms with Crippen LogP contribution in [0.4, 0.5) is 4.79 Å². The third-order valence-electron chi connectivity index (χ3n) is 4.52. The summed E-state index contributed by atoms with van der Waals surface area (Å²) in [5.41, 5.74) is 1.13. The van der Waals surface area contributed by atoms with E-state index in [4.69, 9.17) is 0 Å². The van der Waals surface area contributed by atoms with Gasteiger partial charge in [0, 0.05) is 18.0 Å². The highest BCUT2D eigenvalue weighted by molar-refractivity contribution is 5.74. The zero-order valence-electron chi connectivity index (χ0n) is 12.8. The van der Waals surface area contributed by atoms with Gasteiger partial charge in [0.2, 0.25) is 0 Å². The molecular weight excluding hydrogens is 264 g/mol. The fourth-order valence-electron chi connectivity index (χ4n) is 3.02. The molecule has 2 unspecified atom stereocenters. The predicted molar refractivity (Wildman–Crippen MR) is 84.1 cm³/mol. The number of carbonyl (C=O) groups excluding carboxylic acids is 1. The first-order valence-corrected chi connectivity index (χ1v) is 7.83. The van der Waals surface area contributed by atoms with Crippen LogP contribution >= 0.6 is 0 Å². The van der Waals surface area contributed by atoms with Crippen molar-refractivity contribution in [2.75, 3.05) is 13.2 Å². The lowest BCUT2D eigenvalue weighted by Gasteiger charge is -2.30.